The highest BCUT2D eigenvalue weighted by atomic mass is 35.5. The Labute approximate surface area is 786 Å². The number of fused-ring (bicyclic) bond motifs is 20. The molecule has 8 bridgehead atoms. The van der Waals surface area contributed by atoms with Crippen molar-refractivity contribution < 1.29 is 42.4 Å². The Hall–Kier alpha value is -4.96. The summed E-state index contributed by atoms with van der Waals surface area (Å²) in [6.45, 7) is 66.0. The van der Waals surface area contributed by atoms with Gasteiger partial charge in [-0.2, -0.15) is 0 Å². The smallest absolute Gasteiger partial charge is 0.168 e. The van der Waals surface area contributed by atoms with Crippen molar-refractivity contribution in [3.63, 3.8) is 0 Å². The predicted molar refractivity (Wildman–Crippen MR) is 534 cm³/mol. The molecule has 0 saturated heterocycles. The van der Waals surface area contributed by atoms with E-state index < -0.39 is 0 Å². The maximum Gasteiger partial charge on any atom is 0.168 e. The van der Waals surface area contributed by atoms with Gasteiger partial charge in [-0.05, 0) is 152 Å². The van der Waals surface area contributed by atoms with Gasteiger partial charge in [0.05, 0.1) is 143 Å². The van der Waals surface area contributed by atoms with Crippen molar-refractivity contribution in [1.82, 2.24) is 54.6 Å². The number of aromatic amines is 2. The molecule has 20 nitrogen and oxygen atoms in total. The van der Waals surface area contributed by atoms with Crippen LogP contribution in [0.5, 0.6) is 46.0 Å². The van der Waals surface area contributed by atoms with Gasteiger partial charge in [0.2, 0.25) is 0 Å². The van der Waals surface area contributed by atoms with Gasteiger partial charge in [-0.1, -0.05) is 199 Å². The van der Waals surface area contributed by atoms with Gasteiger partial charge in [0.25, 0.3) is 0 Å². The highest BCUT2D eigenvalue weighted by Gasteiger charge is 2.40. The summed E-state index contributed by atoms with van der Waals surface area (Å²) in [7, 11) is 2.31. The van der Waals surface area contributed by atoms with Gasteiger partial charge in [-0.15, -0.1) is 47.0 Å². The number of thioether (sulfide) groups is 4. The number of halogens is 4. The van der Waals surface area contributed by atoms with E-state index in [9.17, 15) is 0 Å². The second kappa shape index (κ2) is 50.1. The first-order valence-electron chi connectivity index (χ1n) is 46.8. The van der Waals surface area contributed by atoms with Gasteiger partial charge in [-0.25, -0.2) is 29.9 Å². The third-order valence-electron chi connectivity index (χ3n) is 23.4. The highest BCUT2D eigenvalue weighted by molar-refractivity contribution is 8.00. The first-order chi connectivity index (χ1) is 59.8. The molecule has 0 atom stereocenters. The molecule has 2 aliphatic heterocycles. The zero-order valence-corrected chi connectivity index (χ0v) is 86.4. The summed E-state index contributed by atoms with van der Waals surface area (Å²) in [5.41, 5.74) is 3.38. The molecule has 0 fully saturated rings. The number of hydrogen-bond acceptors (Lipinski definition) is 21. The minimum absolute atomic E-state index is 0.230. The van der Waals surface area contributed by atoms with Crippen LogP contribution in [-0.2, 0) is 0 Å². The number of ether oxygens (including phenoxy) is 8. The molecule has 0 aliphatic carbocycles. The standard InChI is InChI=1S/C97H149Cl4N12O8S4/c1-26-110(27-2)42-54-122-86-74(98)78(114-46-34-58(9)10)66-70(82(86)118-50-38-62(17)18)94-102-90(66)104-95-72-68(80(116-48-36-60(13)14)76(100)88(84(72)120-52-40-64(21)22)124-56-44-112(30-5)31-6)92(106-95)108-97-73-69(81(117-49-37-61(15)16)77(101)89(85(73)121-53-41-65(23)24)125-57-45-113(25,32-7)33-8)93(109-97)107-96-71-67(91(103-94)105-96)79(115-47-35-59(11)12)75(99)87(83(71)119-51-39-63(19)20)123-55-43-111(28-3)29-4/h58-65H,26-57H2,1-25H3,(H2,102,103,104,105,106,107,108,109)/q+1. The molecule has 0 saturated carbocycles. The lowest BCUT2D eigenvalue weighted by Crippen LogP contribution is -2.45. The molecule has 4 aromatic carbocycles. The SMILES string of the molecule is CCN(CC)CCSc1c(Cl)c(OCCC(C)C)c2c(c1OCCC(C)C)-c1nc-2nc2[nH]c(nc3nc(nc4[nH]c(n1)c1c(OCCC(C)C)c(Cl)c(SCCN(CC)CC)c(OCCC(C)C)c41)-c1c(OCCC(C)C)c(Cl)c(SCC[N+](C)(CC)CC)c(OCCC(C)C)c1-3)c1c(OCCC(C)C)c(Cl)c(SCCN(CC)CC)c(OCCC(C)C)c21. The lowest BCUT2D eigenvalue weighted by atomic mass is 10.0. The van der Waals surface area contributed by atoms with E-state index >= 15 is 0 Å². The molecule has 125 heavy (non-hydrogen) atoms. The van der Waals surface area contributed by atoms with E-state index in [-0.39, 0.29) is 70.6 Å². The van der Waals surface area contributed by atoms with Crippen LogP contribution in [0.1, 0.15) is 218 Å². The number of nitrogens with zero attached hydrogens (tertiary/aromatic N) is 10. The molecule has 0 amide bonds. The number of aromatic nitrogens is 8. The van der Waals surface area contributed by atoms with Crippen LogP contribution in [-0.4, -0.2) is 221 Å². The number of rotatable bonds is 56. The van der Waals surface area contributed by atoms with Crippen molar-refractivity contribution in [1.29, 1.82) is 0 Å². The van der Waals surface area contributed by atoms with Crippen molar-refractivity contribution in [2.45, 2.75) is 237 Å². The fourth-order valence-electron chi connectivity index (χ4n) is 14.5. The summed E-state index contributed by atoms with van der Waals surface area (Å²) in [5.74, 6) is 9.61. The van der Waals surface area contributed by atoms with Crippen molar-refractivity contribution in [3.05, 3.63) is 20.1 Å². The van der Waals surface area contributed by atoms with E-state index in [1.807, 2.05) is 0 Å². The van der Waals surface area contributed by atoms with Gasteiger partial charge in [0.1, 0.15) is 65.7 Å². The Bertz CT molecular complexity index is 4720. The second-order valence-electron chi connectivity index (χ2n) is 36.5. The lowest BCUT2D eigenvalue weighted by Gasteiger charge is -2.32. The van der Waals surface area contributed by atoms with Crippen LogP contribution in [0.25, 0.3) is 89.7 Å². The monoisotopic (exact) mass is 1880 g/mol. The van der Waals surface area contributed by atoms with Gasteiger partial charge in [0, 0.05) is 42.6 Å². The zero-order valence-electron chi connectivity index (χ0n) is 80.1. The van der Waals surface area contributed by atoms with Gasteiger partial charge in [0.15, 0.2) is 46.3 Å². The van der Waals surface area contributed by atoms with E-state index in [1.165, 1.54) is 0 Å². The molecule has 3 aromatic heterocycles. The minimum Gasteiger partial charge on any atom is -0.492 e. The Morgan fingerprint density at radius 1 is 0.288 bits per heavy atom. The molecule has 2 N–H and O–H groups in total. The minimum atomic E-state index is 0.230. The summed E-state index contributed by atoms with van der Waals surface area (Å²) in [6.07, 6.45) is 5.80. The predicted octanol–water partition coefficient (Wildman–Crippen LogP) is 26.8. The number of hydrogen-bond donors (Lipinski definition) is 2. The Balaban J connectivity index is 1.70. The summed E-state index contributed by atoms with van der Waals surface area (Å²) < 4.78 is 60.0. The largest absolute Gasteiger partial charge is 0.492 e. The molecule has 5 heterocycles. The van der Waals surface area contributed by atoms with Crippen molar-refractivity contribution in [2.24, 2.45) is 47.3 Å². The van der Waals surface area contributed by atoms with Crippen LogP contribution in [0.4, 0.5) is 0 Å². The zero-order chi connectivity index (χ0) is 91.1. The molecular weight excluding hydrogens is 1730 g/mol. The average molecular weight is 1880 g/mol. The number of benzene rings is 4. The maximum atomic E-state index is 8.30. The molecule has 0 spiro atoms. The van der Waals surface area contributed by atoms with E-state index in [0.717, 1.165) is 128 Å². The Morgan fingerprint density at radius 3 is 0.744 bits per heavy atom. The van der Waals surface area contributed by atoms with Crippen LogP contribution < -0.4 is 37.9 Å². The summed E-state index contributed by atoms with van der Waals surface area (Å²) in [4.78, 5) is 53.7. The first kappa shape index (κ1) is 104. The van der Waals surface area contributed by atoms with Crippen molar-refractivity contribution in [3.8, 4) is 91.5 Å². The topological polar surface area (TPSA) is 192 Å². The van der Waals surface area contributed by atoms with Crippen molar-refractivity contribution in [2.75, 3.05) is 161 Å². The Morgan fingerprint density at radius 2 is 0.496 bits per heavy atom. The van der Waals surface area contributed by atoms with Crippen molar-refractivity contribution >= 4 is 138 Å². The molecule has 9 rings (SSSR count). The molecule has 0 radical (unpaired) electrons. The molecule has 28 heteroatoms. The fourth-order valence-corrected chi connectivity index (χ4v) is 20.5. The molecule has 2 aliphatic rings. The molecule has 696 valence electrons. The first-order valence-corrected chi connectivity index (χ1v) is 52.2. The lowest BCUT2D eigenvalue weighted by molar-refractivity contribution is -0.903. The van der Waals surface area contributed by atoms with Crippen LogP contribution in [0, 0.1) is 47.3 Å². The van der Waals surface area contributed by atoms with Gasteiger partial charge < -0.3 is 67.0 Å². The van der Waals surface area contributed by atoms with E-state index in [4.69, 9.17) is 114 Å². The summed E-state index contributed by atoms with van der Waals surface area (Å²) in [6, 6.07) is 0. The van der Waals surface area contributed by atoms with E-state index in [2.05, 4.69) is 198 Å². The summed E-state index contributed by atoms with van der Waals surface area (Å²) in [5, 5.41) is 3.73. The summed E-state index contributed by atoms with van der Waals surface area (Å²) >= 11 is 39.7. The van der Waals surface area contributed by atoms with E-state index in [0.29, 0.717) is 234 Å². The quantitative estimate of drug-likeness (QED) is 0.0270. The molecular formula is C97H149Cl4N12O8S4+. The third-order valence-corrected chi connectivity index (χ3v) is 29.6. The molecule has 7 aromatic rings. The second-order valence-corrected chi connectivity index (χ2v) is 42.4. The fraction of sp³-hybridized carbons (Fsp3) is 0.670. The van der Waals surface area contributed by atoms with Crippen LogP contribution in [0.3, 0.4) is 0 Å². The number of quaternary nitrogens is 1. The highest BCUT2D eigenvalue weighted by Crippen LogP contribution is 2.60. The van der Waals surface area contributed by atoms with Crippen LogP contribution in [0.2, 0.25) is 20.1 Å². The van der Waals surface area contributed by atoms with Crippen LogP contribution >= 0.6 is 93.5 Å². The molecule has 0 unspecified atom stereocenters. The Kier molecular flexibility index (Phi) is 41.5. The van der Waals surface area contributed by atoms with Gasteiger partial charge >= 0.3 is 0 Å². The number of nitrogens with one attached hydrogen (secondary N) is 2. The van der Waals surface area contributed by atoms with Crippen LogP contribution in [0.15, 0.2) is 19.6 Å². The average Bonchev–Trinajstić information content (AvgIpc) is 1.57. The van der Waals surface area contributed by atoms with Gasteiger partial charge in [-0.3, -0.25) is 0 Å². The number of H-pyrrole nitrogens is 2. The third kappa shape index (κ3) is 26.9. The normalized spacial score (nSPS) is 12.5. The van der Waals surface area contributed by atoms with E-state index in [1.54, 1.807) is 47.0 Å². The maximum absolute atomic E-state index is 8.30.